The zero-order valence-corrected chi connectivity index (χ0v) is 7.93. The van der Waals surface area contributed by atoms with E-state index in [4.69, 9.17) is 9.84 Å². The standard InChI is InChI=1S/C7H13F3N2O3/c8-7(9,10)5-12-6(14)11-1-3-15-4-2-13/h13H,1-5H2,(H2,11,12,14). The van der Waals surface area contributed by atoms with E-state index in [-0.39, 0.29) is 26.4 Å². The highest BCUT2D eigenvalue weighted by atomic mass is 19.4. The van der Waals surface area contributed by atoms with Crippen molar-refractivity contribution in [1.29, 1.82) is 0 Å². The fraction of sp³-hybridized carbons (Fsp3) is 0.857. The molecule has 0 aliphatic rings. The lowest BCUT2D eigenvalue weighted by Gasteiger charge is -2.09. The summed E-state index contributed by atoms with van der Waals surface area (Å²) in [5.74, 6) is 0. The molecule has 5 nitrogen and oxygen atoms in total. The summed E-state index contributed by atoms with van der Waals surface area (Å²) in [6.45, 7) is -1.15. The molecular formula is C7H13F3N2O3. The predicted molar refractivity (Wildman–Crippen MR) is 45.4 cm³/mol. The summed E-state index contributed by atoms with van der Waals surface area (Å²) in [4.78, 5) is 10.7. The van der Waals surface area contributed by atoms with Gasteiger partial charge in [0, 0.05) is 6.54 Å². The van der Waals surface area contributed by atoms with Crippen LogP contribution in [0.2, 0.25) is 0 Å². The van der Waals surface area contributed by atoms with Crippen molar-refractivity contribution in [1.82, 2.24) is 10.6 Å². The average molecular weight is 230 g/mol. The van der Waals surface area contributed by atoms with Gasteiger partial charge in [0.15, 0.2) is 0 Å². The van der Waals surface area contributed by atoms with Crippen molar-refractivity contribution < 1.29 is 27.8 Å². The minimum Gasteiger partial charge on any atom is -0.394 e. The number of carbonyl (C=O) groups excluding carboxylic acids is 1. The Morgan fingerprint density at radius 2 is 1.93 bits per heavy atom. The Bertz CT molecular complexity index is 187. The quantitative estimate of drug-likeness (QED) is 0.556. The Labute approximate surface area is 84.6 Å². The molecule has 0 atom stereocenters. The van der Waals surface area contributed by atoms with Gasteiger partial charge in [0.2, 0.25) is 0 Å². The predicted octanol–water partition coefficient (Wildman–Crippen LogP) is -0.143. The summed E-state index contributed by atoms with van der Waals surface area (Å²) in [7, 11) is 0. The molecular weight excluding hydrogens is 217 g/mol. The molecule has 0 spiro atoms. The second-order valence-electron chi connectivity index (χ2n) is 2.56. The van der Waals surface area contributed by atoms with E-state index in [2.05, 4.69) is 5.32 Å². The highest BCUT2D eigenvalue weighted by Crippen LogP contribution is 2.11. The number of hydrogen-bond acceptors (Lipinski definition) is 3. The number of ether oxygens (including phenoxy) is 1. The number of aliphatic hydroxyl groups excluding tert-OH is 1. The van der Waals surface area contributed by atoms with Gasteiger partial charge >= 0.3 is 12.2 Å². The molecule has 0 unspecified atom stereocenters. The Morgan fingerprint density at radius 1 is 1.27 bits per heavy atom. The van der Waals surface area contributed by atoms with Crippen LogP contribution in [0.25, 0.3) is 0 Å². The molecule has 0 rings (SSSR count). The lowest BCUT2D eigenvalue weighted by atomic mass is 10.6. The molecule has 8 heteroatoms. The van der Waals surface area contributed by atoms with Gasteiger partial charge in [-0.25, -0.2) is 4.79 Å². The van der Waals surface area contributed by atoms with Crippen molar-refractivity contribution in [3.8, 4) is 0 Å². The van der Waals surface area contributed by atoms with E-state index >= 15 is 0 Å². The maximum absolute atomic E-state index is 11.6. The van der Waals surface area contributed by atoms with Gasteiger partial charge in [0.25, 0.3) is 0 Å². The summed E-state index contributed by atoms with van der Waals surface area (Å²) < 4.78 is 39.6. The van der Waals surface area contributed by atoms with Gasteiger partial charge in [-0.1, -0.05) is 0 Å². The first-order valence-electron chi connectivity index (χ1n) is 4.23. The van der Waals surface area contributed by atoms with Crippen molar-refractivity contribution in [2.75, 3.05) is 32.9 Å². The van der Waals surface area contributed by atoms with E-state index in [1.807, 2.05) is 0 Å². The van der Waals surface area contributed by atoms with Gasteiger partial charge in [0.1, 0.15) is 6.54 Å². The third-order valence-corrected chi connectivity index (χ3v) is 1.22. The van der Waals surface area contributed by atoms with Crippen LogP contribution in [-0.2, 0) is 4.74 Å². The van der Waals surface area contributed by atoms with E-state index in [9.17, 15) is 18.0 Å². The first-order chi connectivity index (χ1) is 6.95. The minimum atomic E-state index is -4.41. The summed E-state index contributed by atoms with van der Waals surface area (Å²) in [5.41, 5.74) is 0. The number of aliphatic hydroxyl groups is 1. The van der Waals surface area contributed by atoms with Crippen molar-refractivity contribution >= 4 is 6.03 Å². The molecule has 0 aliphatic carbocycles. The molecule has 0 aromatic rings. The number of nitrogens with one attached hydrogen (secondary N) is 2. The number of carbonyl (C=O) groups is 1. The van der Waals surface area contributed by atoms with E-state index in [1.54, 1.807) is 5.32 Å². The molecule has 0 radical (unpaired) electrons. The fourth-order valence-electron chi connectivity index (χ4n) is 0.646. The molecule has 0 saturated carbocycles. The summed E-state index contributed by atoms with van der Waals surface area (Å²) in [6, 6.07) is -0.903. The molecule has 2 amide bonds. The maximum Gasteiger partial charge on any atom is 0.405 e. The van der Waals surface area contributed by atoms with Crippen LogP contribution >= 0.6 is 0 Å². The summed E-state index contributed by atoms with van der Waals surface area (Å²) in [5, 5.41) is 12.1. The van der Waals surface area contributed by atoms with E-state index in [0.29, 0.717) is 0 Å². The minimum absolute atomic E-state index is 0.0870. The largest absolute Gasteiger partial charge is 0.405 e. The Hall–Kier alpha value is -1.02. The van der Waals surface area contributed by atoms with Crippen molar-refractivity contribution in [3.05, 3.63) is 0 Å². The Balaban J connectivity index is 3.34. The third kappa shape index (κ3) is 10.9. The maximum atomic E-state index is 11.6. The Morgan fingerprint density at radius 3 is 2.47 bits per heavy atom. The van der Waals surface area contributed by atoms with Crippen LogP contribution in [0.1, 0.15) is 0 Å². The number of amides is 2. The van der Waals surface area contributed by atoms with Crippen LogP contribution in [-0.4, -0.2) is 50.2 Å². The van der Waals surface area contributed by atoms with Crippen LogP contribution in [0, 0.1) is 0 Å². The van der Waals surface area contributed by atoms with Crippen molar-refractivity contribution in [3.63, 3.8) is 0 Å². The molecule has 0 aliphatic heterocycles. The second kappa shape index (κ2) is 7.30. The number of rotatable bonds is 6. The SMILES string of the molecule is O=C(NCCOCCO)NCC(F)(F)F. The van der Waals surface area contributed by atoms with Crippen LogP contribution in [0.5, 0.6) is 0 Å². The van der Waals surface area contributed by atoms with Gasteiger partial charge in [0.05, 0.1) is 19.8 Å². The average Bonchev–Trinajstić information content (AvgIpc) is 2.13. The number of halogens is 3. The Kier molecular flexibility index (Phi) is 6.80. The molecule has 0 aromatic heterocycles. The second-order valence-corrected chi connectivity index (χ2v) is 2.56. The molecule has 90 valence electrons. The van der Waals surface area contributed by atoms with Gasteiger partial charge in [-0.05, 0) is 0 Å². The zero-order chi connectivity index (χ0) is 11.7. The van der Waals surface area contributed by atoms with Gasteiger partial charge in [-0.15, -0.1) is 0 Å². The fourth-order valence-corrected chi connectivity index (χ4v) is 0.646. The van der Waals surface area contributed by atoms with Crippen LogP contribution in [0.4, 0.5) is 18.0 Å². The molecule has 0 bridgehead atoms. The monoisotopic (exact) mass is 230 g/mol. The first-order valence-corrected chi connectivity index (χ1v) is 4.23. The normalized spacial score (nSPS) is 11.2. The lowest BCUT2D eigenvalue weighted by Crippen LogP contribution is -2.41. The number of hydrogen-bond donors (Lipinski definition) is 3. The van der Waals surface area contributed by atoms with Crippen LogP contribution in [0.15, 0.2) is 0 Å². The summed E-state index contributed by atoms with van der Waals surface area (Å²) in [6.07, 6.45) is -4.41. The summed E-state index contributed by atoms with van der Waals surface area (Å²) >= 11 is 0. The van der Waals surface area contributed by atoms with Gasteiger partial charge in [-0.2, -0.15) is 13.2 Å². The molecule has 15 heavy (non-hydrogen) atoms. The first kappa shape index (κ1) is 14.0. The number of alkyl halides is 3. The van der Waals surface area contributed by atoms with E-state index in [1.165, 1.54) is 0 Å². The zero-order valence-electron chi connectivity index (χ0n) is 7.93. The van der Waals surface area contributed by atoms with E-state index < -0.39 is 18.8 Å². The molecule has 0 fully saturated rings. The number of urea groups is 1. The topological polar surface area (TPSA) is 70.6 Å². The lowest BCUT2D eigenvalue weighted by molar-refractivity contribution is -0.122. The molecule has 0 aromatic carbocycles. The van der Waals surface area contributed by atoms with Crippen LogP contribution < -0.4 is 10.6 Å². The van der Waals surface area contributed by atoms with Crippen molar-refractivity contribution in [2.45, 2.75) is 6.18 Å². The van der Waals surface area contributed by atoms with E-state index in [0.717, 1.165) is 0 Å². The van der Waals surface area contributed by atoms with Gasteiger partial charge < -0.3 is 20.5 Å². The van der Waals surface area contributed by atoms with Gasteiger partial charge in [-0.3, -0.25) is 0 Å². The highest BCUT2D eigenvalue weighted by molar-refractivity contribution is 5.73. The molecule has 3 N–H and O–H groups in total. The molecule has 0 heterocycles. The van der Waals surface area contributed by atoms with Crippen molar-refractivity contribution in [2.24, 2.45) is 0 Å². The molecule has 0 saturated heterocycles. The van der Waals surface area contributed by atoms with Crippen LogP contribution in [0.3, 0.4) is 0 Å². The highest BCUT2D eigenvalue weighted by Gasteiger charge is 2.27. The third-order valence-electron chi connectivity index (χ3n) is 1.22. The smallest absolute Gasteiger partial charge is 0.394 e.